The molecule has 0 spiro atoms. The summed E-state index contributed by atoms with van der Waals surface area (Å²) in [4.78, 5) is 56.1. The maximum atomic E-state index is 14.2. The van der Waals surface area contributed by atoms with Gasteiger partial charge in [-0.05, 0) is 88.3 Å². The fourth-order valence-electron chi connectivity index (χ4n) is 7.40. The second kappa shape index (κ2) is 12.0. The van der Waals surface area contributed by atoms with Gasteiger partial charge in [-0.25, -0.2) is 0 Å². The van der Waals surface area contributed by atoms with E-state index in [-0.39, 0.29) is 40.0 Å². The van der Waals surface area contributed by atoms with Gasteiger partial charge in [0, 0.05) is 28.7 Å². The third-order valence-corrected chi connectivity index (χ3v) is 10.2. The predicted octanol–water partition coefficient (Wildman–Crippen LogP) is 6.55. The zero-order valence-corrected chi connectivity index (χ0v) is 27.2. The SMILES string of the molecule is COc1ccc(OC)c(C=Cc2ccc(N3C(=O)C4CC=C5C(c6ccc(O)cc6)C6=C(CC5C4C3=O)C(=O)C(Br)=CC6=O)cc2)c1. The van der Waals surface area contributed by atoms with Crippen LogP contribution in [0.15, 0.2) is 100 Å². The zero-order chi connectivity index (χ0) is 33.0. The first-order valence-electron chi connectivity index (χ1n) is 15.3. The lowest BCUT2D eigenvalue weighted by molar-refractivity contribution is -0.123. The Kier molecular flexibility index (Phi) is 7.80. The molecule has 3 aromatic rings. The number of halogens is 1. The van der Waals surface area contributed by atoms with E-state index in [9.17, 15) is 24.3 Å². The Hall–Kier alpha value is -5.02. The van der Waals surface area contributed by atoms with Crippen molar-refractivity contribution in [3.63, 3.8) is 0 Å². The lowest BCUT2D eigenvalue weighted by Crippen LogP contribution is -2.39. The molecule has 1 fully saturated rings. The lowest BCUT2D eigenvalue weighted by Gasteiger charge is -2.42. The molecule has 1 saturated heterocycles. The number of aromatic hydroxyl groups is 1. The summed E-state index contributed by atoms with van der Waals surface area (Å²) in [5, 5.41) is 9.95. The molecule has 3 aliphatic carbocycles. The molecule has 4 unspecified atom stereocenters. The van der Waals surface area contributed by atoms with Crippen molar-refractivity contribution in [3.8, 4) is 17.2 Å². The predicted molar refractivity (Wildman–Crippen MR) is 180 cm³/mol. The van der Waals surface area contributed by atoms with Crippen LogP contribution in [0.2, 0.25) is 0 Å². The van der Waals surface area contributed by atoms with Crippen LogP contribution in [0.3, 0.4) is 0 Å². The van der Waals surface area contributed by atoms with Crippen molar-refractivity contribution in [1.82, 2.24) is 0 Å². The van der Waals surface area contributed by atoms with Crippen LogP contribution >= 0.6 is 15.9 Å². The highest BCUT2D eigenvalue weighted by Gasteiger charge is 2.56. The summed E-state index contributed by atoms with van der Waals surface area (Å²) in [6, 6.07) is 19.3. The molecule has 0 bridgehead atoms. The average Bonchev–Trinajstić information content (AvgIpc) is 3.35. The molecule has 9 heteroatoms. The number of amides is 2. The average molecular weight is 693 g/mol. The normalized spacial score (nSPS) is 23.8. The first-order valence-corrected chi connectivity index (χ1v) is 16.1. The second-order valence-electron chi connectivity index (χ2n) is 12.0. The van der Waals surface area contributed by atoms with Gasteiger partial charge in [0.05, 0.1) is 36.2 Å². The van der Waals surface area contributed by atoms with Crippen molar-refractivity contribution in [2.45, 2.75) is 18.8 Å². The number of phenolic OH excluding ortho intramolecular Hbond substituents is 1. The lowest BCUT2D eigenvalue weighted by atomic mass is 9.59. The molecule has 4 aliphatic rings. The van der Waals surface area contributed by atoms with E-state index in [2.05, 4.69) is 15.9 Å². The van der Waals surface area contributed by atoms with Gasteiger partial charge in [-0.3, -0.25) is 24.1 Å². The maximum Gasteiger partial charge on any atom is 0.238 e. The van der Waals surface area contributed by atoms with Gasteiger partial charge in [-0.1, -0.05) is 48.1 Å². The number of carbonyl (C=O) groups excluding carboxylic acids is 4. The van der Waals surface area contributed by atoms with Crippen LogP contribution in [0.1, 0.15) is 35.4 Å². The van der Waals surface area contributed by atoms with E-state index >= 15 is 0 Å². The van der Waals surface area contributed by atoms with Gasteiger partial charge in [-0.15, -0.1) is 0 Å². The van der Waals surface area contributed by atoms with Crippen molar-refractivity contribution < 1.29 is 33.8 Å². The van der Waals surface area contributed by atoms with E-state index in [1.54, 1.807) is 50.6 Å². The van der Waals surface area contributed by atoms with Crippen LogP contribution in [-0.2, 0) is 19.2 Å². The minimum absolute atomic E-state index is 0.0791. The summed E-state index contributed by atoms with van der Waals surface area (Å²) in [5.41, 5.74) is 4.54. The van der Waals surface area contributed by atoms with E-state index in [0.717, 1.165) is 22.3 Å². The number of imide groups is 1. The number of carbonyl (C=O) groups is 4. The molecule has 3 aromatic carbocycles. The smallest absolute Gasteiger partial charge is 0.238 e. The molecule has 0 radical (unpaired) electrons. The number of anilines is 1. The van der Waals surface area contributed by atoms with Gasteiger partial charge in [0.25, 0.3) is 0 Å². The first-order chi connectivity index (χ1) is 22.7. The number of Topliss-reactive ketones (excluding diaryl/α,β-unsaturated/α-hetero) is 1. The van der Waals surface area contributed by atoms with Crippen LogP contribution < -0.4 is 14.4 Å². The second-order valence-corrected chi connectivity index (χ2v) is 12.9. The molecular weight excluding hydrogens is 662 g/mol. The Labute approximate surface area is 279 Å². The standard InChI is InChI=1S/C38H30BrNO7/c1-46-25-13-16-32(47-2)22(17-25)6-3-20-4-9-23(10-5-20)40-37(44)27-15-14-26-28(34(27)38(40)45)18-29-35(31(42)19-30(39)36(29)43)33(26)21-7-11-24(41)12-8-21/h3-14,16-17,19,27-28,33-34,41H,15,18H2,1-2H3. The quantitative estimate of drug-likeness (QED) is 0.135. The number of rotatable bonds is 6. The third-order valence-electron chi connectivity index (χ3n) is 9.60. The summed E-state index contributed by atoms with van der Waals surface area (Å²) in [6.07, 6.45) is 7.64. The number of methoxy groups -OCH3 is 2. The first kappa shape index (κ1) is 30.6. The number of benzene rings is 3. The Morgan fingerprint density at radius 1 is 0.872 bits per heavy atom. The van der Waals surface area contributed by atoms with E-state index in [4.69, 9.17) is 9.47 Å². The van der Waals surface area contributed by atoms with Crippen molar-refractivity contribution in [3.05, 3.63) is 117 Å². The van der Waals surface area contributed by atoms with E-state index in [1.165, 1.54) is 11.0 Å². The minimum Gasteiger partial charge on any atom is -0.508 e. The number of hydrogen-bond acceptors (Lipinski definition) is 7. The van der Waals surface area contributed by atoms with E-state index in [0.29, 0.717) is 34.8 Å². The molecule has 8 nitrogen and oxygen atoms in total. The summed E-state index contributed by atoms with van der Waals surface area (Å²) in [5.74, 6) is -1.91. The summed E-state index contributed by atoms with van der Waals surface area (Å²) in [6.45, 7) is 0. The Bertz CT molecular complexity index is 1970. The zero-order valence-electron chi connectivity index (χ0n) is 25.6. The van der Waals surface area contributed by atoms with Crippen molar-refractivity contribution in [2.24, 2.45) is 17.8 Å². The Balaban J connectivity index is 1.20. The largest absolute Gasteiger partial charge is 0.508 e. The fraction of sp³-hybridized carbons (Fsp3) is 0.211. The van der Waals surface area contributed by atoms with Gasteiger partial charge in [0.15, 0.2) is 11.6 Å². The fourth-order valence-corrected chi connectivity index (χ4v) is 7.84. The molecular formula is C38H30BrNO7. The van der Waals surface area contributed by atoms with Crippen LogP contribution in [-0.4, -0.2) is 42.7 Å². The van der Waals surface area contributed by atoms with Crippen molar-refractivity contribution in [2.75, 3.05) is 19.1 Å². The number of allylic oxidation sites excluding steroid dienone is 6. The number of ketones is 2. The van der Waals surface area contributed by atoms with Crippen molar-refractivity contribution in [1.29, 1.82) is 0 Å². The molecule has 236 valence electrons. The maximum absolute atomic E-state index is 14.2. The molecule has 1 N–H and O–H groups in total. The van der Waals surface area contributed by atoms with E-state index < -0.39 is 23.7 Å². The van der Waals surface area contributed by atoms with Gasteiger partial charge < -0.3 is 14.6 Å². The molecule has 0 aromatic heterocycles. The molecule has 1 heterocycles. The Morgan fingerprint density at radius 2 is 1.62 bits per heavy atom. The summed E-state index contributed by atoms with van der Waals surface area (Å²) < 4.78 is 11.0. The van der Waals surface area contributed by atoms with Gasteiger partial charge in [0.2, 0.25) is 11.8 Å². The molecule has 4 atom stereocenters. The summed E-state index contributed by atoms with van der Waals surface area (Å²) >= 11 is 3.25. The van der Waals surface area contributed by atoms with Crippen LogP contribution in [0, 0.1) is 17.8 Å². The number of nitrogens with zero attached hydrogens (tertiary/aromatic N) is 1. The molecule has 2 amide bonds. The van der Waals surface area contributed by atoms with Crippen LogP contribution in [0.5, 0.6) is 17.2 Å². The molecule has 47 heavy (non-hydrogen) atoms. The molecule has 0 saturated carbocycles. The molecule has 7 rings (SSSR count). The van der Waals surface area contributed by atoms with Crippen LogP contribution in [0.25, 0.3) is 12.2 Å². The van der Waals surface area contributed by atoms with Crippen molar-refractivity contribution >= 4 is 57.2 Å². The number of ether oxygens (including phenoxy) is 2. The number of hydrogen-bond donors (Lipinski definition) is 1. The van der Waals surface area contributed by atoms with Crippen LogP contribution in [0.4, 0.5) is 5.69 Å². The van der Waals surface area contributed by atoms with E-state index in [1.807, 2.05) is 48.6 Å². The van der Waals surface area contributed by atoms with Gasteiger partial charge in [-0.2, -0.15) is 0 Å². The monoisotopic (exact) mass is 691 g/mol. The minimum atomic E-state index is -0.677. The number of fused-ring (bicyclic) bond motifs is 3. The van der Waals surface area contributed by atoms with Gasteiger partial charge in [0.1, 0.15) is 17.2 Å². The highest BCUT2D eigenvalue weighted by Crippen LogP contribution is 2.55. The highest BCUT2D eigenvalue weighted by molar-refractivity contribution is 9.12. The third kappa shape index (κ3) is 5.15. The topological polar surface area (TPSA) is 110 Å². The molecule has 1 aliphatic heterocycles. The Morgan fingerprint density at radius 3 is 2.32 bits per heavy atom. The number of phenols is 1. The van der Waals surface area contributed by atoms with Gasteiger partial charge >= 0.3 is 0 Å². The summed E-state index contributed by atoms with van der Waals surface area (Å²) in [7, 11) is 3.21. The highest BCUT2D eigenvalue weighted by atomic mass is 79.9.